The molecule has 27 heavy (non-hydrogen) atoms. The molecule has 0 bridgehead atoms. The van der Waals surface area contributed by atoms with Gasteiger partial charge < -0.3 is 10.2 Å². The van der Waals surface area contributed by atoms with E-state index in [2.05, 4.69) is 5.32 Å². The average molecular weight is 372 g/mol. The Morgan fingerprint density at radius 2 is 1.78 bits per heavy atom. The van der Waals surface area contributed by atoms with E-state index in [0.29, 0.717) is 24.9 Å². The maximum atomic E-state index is 13.8. The molecule has 1 saturated heterocycles. The highest BCUT2D eigenvalue weighted by Gasteiger charge is 2.29. The van der Waals surface area contributed by atoms with Crippen LogP contribution in [0.3, 0.4) is 0 Å². The number of piperidine rings is 1. The van der Waals surface area contributed by atoms with Crippen molar-refractivity contribution in [3.8, 4) is 0 Å². The topological polar surface area (TPSA) is 49.4 Å². The summed E-state index contributed by atoms with van der Waals surface area (Å²) in [6, 6.07) is 8.59. The third kappa shape index (κ3) is 4.51. The van der Waals surface area contributed by atoms with E-state index in [1.165, 1.54) is 0 Å². The number of hydrogen-bond donors (Lipinski definition) is 1. The van der Waals surface area contributed by atoms with Crippen LogP contribution in [0.2, 0.25) is 0 Å². The summed E-state index contributed by atoms with van der Waals surface area (Å²) in [5.41, 5.74) is 2.43. The predicted molar refractivity (Wildman–Crippen MR) is 99.5 cm³/mol. The van der Waals surface area contributed by atoms with Crippen LogP contribution in [0.4, 0.5) is 14.5 Å². The molecule has 3 rings (SSSR count). The molecule has 4 nitrogen and oxygen atoms in total. The van der Waals surface area contributed by atoms with E-state index in [4.69, 9.17) is 0 Å². The van der Waals surface area contributed by atoms with Crippen LogP contribution in [0.1, 0.15) is 34.3 Å². The minimum absolute atomic E-state index is 0.115. The van der Waals surface area contributed by atoms with Gasteiger partial charge in [0.1, 0.15) is 11.6 Å². The summed E-state index contributed by atoms with van der Waals surface area (Å²) in [5, 5.41) is 2.45. The molecule has 0 aromatic heterocycles. The van der Waals surface area contributed by atoms with E-state index in [0.717, 1.165) is 29.3 Å². The zero-order valence-corrected chi connectivity index (χ0v) is 15.4. The number of anilines is 1. The van der Waals surface area contributed by atoms with Crippen LogP contribution in [0.15, 0.2) is 36.4 Å². The lowest BCUT2D eigenvalue weighted by Gasteiger charge is -2.32. The molecule has 1 N–H and O–H groups in total. The Morgan fingerprint density at radius 3 is 2.48 bits per heavy atom. The van der Waals surface area contributed by atoms with Crippen LogP contribution in [0.5, 0.6) is 0 Å². The molecule has 0 unspecified atom stereocenters. The summed E-state index contributed by atoms with van der Waals surface area (Å²) < 4.78 is 27.0. The molecule has 1 atom stereocenters. The quantitative estimate of drug-likeness (QED) is 0.883. The van der Waals surface area contributed by atoms with E-state index in [1.807, 2.05) is 32.0 Å². The molecule has 142 valence electrons. The fourth-order valence-electron chi connectivity index (χ4n) is 3.48. The van der Waals surface area contributed by atoms with Crippen molar-refractivity contribution in [3.05, 3.63) is 64.7 Å². The van der Waals surface area contributed by atoms with Crippen molar-refractivity contribution in [2.75, 3.05) is 18.4 Å². The first-order valence-electron chi connectivity index (χ1n) is 8.97. The Kier molecular flexibility index (Phi) is 5.54. The molecule has 2 aromatic rings. The van der Waals surface area contributed by atoms with Gasteiger partial charge in [0.15, 0.2) is 0 Å². The van der Waals surface area contributed by atoms with Gasteiger partial charge in [-0.3, -0.25) is 9.59 Å². The minimum atomic E-state index is -0.691. The molecule has 6 heteroatoms. The van der Waals surface area contributed by atoms with E-state index in [-0.39, 0.29) is 18.1 Å². The van der Waals surface area contributed by atoms with Crippen molar-refractivity contribution < 1.29 is 18.4 Å². The fraction of sp³-hybridized carbons (Fsp3) is 0.333. The number of hydrogen-bond acceptors (Lipinski definition) is 2. The zero-order chi connectivity index (χ0) is 19.6. The van der Waals surface area contributed by atoms with Crippen molar-refractivity contribution in [2.45, 2.75) is 26.7 Å². The Hall–Kier alpha value is -2.76. The van der Waals surface area contributed by atoms with Gasteiger partial charge >= 0.3 is 0 Å². The van der Waals surface area contributed by atoms with Gasteiger partial charge in [0.05, 0.1) is 11.6 Å². The molecule has 1 aliphatic rings. The zero-order valence-electron chi connectivity index (χ0n) is 15.4. The second-order valence-electron chi connectivity index (χ2n) is 7.08. The molecule has 0 radical (unpaired) electrons. The summed E-state index contributed by atoms with van der Waals surface area (Å²) in [6.07, 6.45) is 1.28. The van der Waals surface area contributed by atoms with Crippen molar-refractivity contribution in [3.63, 3.8) is 0 Å². The van der Waals surface area contributed by atoms with Crippen LogP contribution in [-0.2, 0) is 4.79 Å². The monoisotopic (exact) mass is 372 g/mol. The lowest BCUT2D eigenvalue weighted by Crippen LogP contribution is -2.43. The molecule has 0 spiro atoms. The van der Waals surface area contributed by atoms with Crippen LogP contribution >= 0.6 is 0 Å². The SMILES string of the molecule is Cc1cc(C)cc(C(=O)N2CCC[C@@H](C(=O)Nc3cc(F)ccc3F)C2)c1. The van der Waals surface area contributed by atoms with Crippen molar-refractivity contribution in [1.82, 2.24) is 4.90 Å². The number of halogens is 2. The summed E-state index contributed by atoms with van der Waals surface area (Å²) in [4.78, 5) is 27.0. The number of amides is 2. The molecule has 0 saturated carbocycles. The lowest BCUT2D eigenvalue weighted by atomic mass is 9.96. The summed E-state index contributed by atoms with van der Waals surface area (Å²) in [5.74, 6) is -2.30. The fourth-order valence-corrected chi connectivity index (χ4v) is 3.48. The standard InChI is InChI=1S/C21H22F2N2O2/c1-13-8-14(2)10-16(9-13)21(27)25-7-3-4-15(12-25)20(26)24-19-11-17(22)5-6-18(19)23/h5-6,8-11,15H,3-4,7,12H2,1-2H3,(H,24,26)/t15-/m1/s1. The highest BCUT2D eigenvalue weighted by Crippen LogP contribution is 2.23. The number of benzene rings is 2. The Balaban J connectivity index is 1.70. The Morgan fingerprint density at radius 1 is 1.07 bits per heavy atom. The van der Waals surface area contributed by atoms with Crippen LogP contribution in [0.25, 0.3) is 0 Å². The normalized spacial score (nSPS) is 16.9. The molecule has 1 fully saturated rings. The third-order valence-electron chi connectivity index (χ3n) is 4.73. The summed E-state index contributed by atoms with van der Waals surface area (Å²) in [6.45, 7) is 4.70. The minimum Gasteiger partial charge on any atom is -0.338 e. The average Bonchev–Trinajstić information content (AvgIpc) is 2.63. The number of carbonyl (C=O) groups is 2. The Labute approximate surface area is 157 Å². The van der Waals surface area contributed by atoms with E-state index < -0.39 is 23.5 Å². The van der Waals surface area contributed by atoms with E-state index in [1.54, 1.807) is 4.90 Å². The first-order valence-corrected chi connectivity index (χ1v) is 8.97. The second-order valence-corrected chi connectivity index (χ2v) is 7.08. The smallest absolute Gasteiger partial charge is 0.253 e. The molecular formula is C21H22F2N2O2. The number of nitrogens with zero attached hydrogens (tertiary/aromatic N) is 1. The van der Waals surface area contributed by atoms with E-state index >= 15 is 0 Å². The number of nitrogens with one attached hydrogen (secondary N) is 1. The van der Waals surface area contributed by atoms with Gasteiger partial charge in [0.25, 0.3) is 5.91 Å². The van der Waals surface area contributed by atoms with Crippen molar-refractivity contribution in [1.29, 1.82) is 0 Å². The molecular weight excluding hydrogens is 350 g/mol. The number of rotatable bonds is 3. The largest absolute Gasteiger partial charge is 0.338 e. The van der Waals surface area contributed by atoms with Gasteiger partial charge in [-0.2, -0.15) is 0 Å². The summed E-state index contributed by atoms with van der Waals surface area (Å²) >= 11 is 0. The van der Waals surface area contributed by atoms with E-state index in [9.17, 15) is 18.4 Å². The predicted octanol–water partition coefficient (Wildman–Crippen LogP) is 4.07. The summed E-state index contributed by atoms with van der Waals surface area (Å²) in [7, 11) is 0. The van der Waals surface area contributed by atoms with Gasteiger partial charge in [-0.15, -0.1) is 0 Å². The van der Waals surface area contributed by atoms with Crippen LogP contribution in [-0.4, -0.2) is 29.8 Å². The first kappa shape index (κ1) is 19.0. The maximum Gasteiger partial charge on any atom is 0.253 e. The third-order valence-corrected chi connectivity index (χ3v) is 4.73. The number of carbonyl (C=O) groups excluding carboxylic acids is 2. The number of aryl methyl sites for hydroxylation is 2. The van der Waals surface area contributed by atoms with Gasteiger partial charge in [-0.1, -0.05) is 17.2 Å². The molecule has 0 aliphatic carbocycles. The molecule has 2 amide bonds. The van der Waals surface area contributed by atoms with Crippen LogP contribution in [0, 0.1) is 31.4 Å². The highest BCUT2D eigenvalue weighted by atomic mass is 19.1. The van der Waals surface area contributed by atoms with Gasteiger partial charge in [-0.05, 0) is 51.0 Å². The van der Waals surface area contributed by atoms with Gasteiger partial charge in [0, 0.05) is 24.7 Å². The van der Waals surface area contributed by atoms with Crippen LogP contribution < -0.4 is 5.32 Å². The number of likely N-dealkylation sites (tertiary alicyclic amines) is 1. The lowest BCUT2D eigenvalue weighted by molar-refractivity contribution is -0.121. The van der Waals surface area contributed by atoms with Gasteiger partial charge in [-0.25, -0.2) is 8.78 Å². The van der Waals surface area contributed by atoms with Gasteiger partial charge in [0.2, 0.25) is 5.91 Å². The molecule has 1 aliphatic heterocycles. The highest BCUT2D eigenvalue weighted by molar-refractivity contribution is 5.96. The molecule has 2 aromatic carbocycles. The van der Waals surface area contributed by atoms with Crippen molar-refractivity contribution >= 4 is 17.5 Å². The first-order chi connectivity index (χ1) is 12.8. The maximum absolute atomic E-state index is 13.8. The second kappa shape index (κ2) is 7.86. The Bertz CT molecular complexity index is 862. The van der Waals surface area contributed by atoms with Crippen molar-refractivity contribution in [2.24, 2.45) is 5.92 Å². The molecule has 1 heterocycles.